The van der Waals surface area contributed by atoms with Crippen LogP contribution in [0, 0.1) is 0 Å². The molecule has 2 heteroatoms. The summed E-state index contributed by atoms with van der Waals surface area (Å²) in [6, 6.07) is 0.486. The lowest BCUT2D eigenvalue weighted by molar-refractivity contribution is 0.0794. The van der Waals surface area contributed by atoms with Gasteiger partial charge in [-0.2, -0.15) is 0 Å². The number of rotatable bonds is 9. The Hall–Kier alpha value is -0.340. The molecule has 0 aliphatic rings. The van der Waals surface area contributed by atoms with Gasteiger partial charge in [-0.05, 0) is 39.2 Å². The van der Waals surface area contributed by atoms with Crippen molar-refractivity contribution >= 4 is 0 Å². The van der Waals surface area contributed by atoms with E-state index >= 15 is 0 Å². The number of allylic oxidation sites excluding steroid dienone is 1. The fourth-order valence-corrected chi connectivity index (χ4v) is 1.48. The molecule has 0 aromatic rings. The molecule has 0 amide bonds. The van der Waals surface area contributed by atoms with E-state index in [4.69, 9.17) is 4.74 Å². The average Bonchev–Trinajstić information content (AvgIpc) is 2.22. The van der Waals surface area contributed by atoms with Crippen molar-refractivity contribution in [2.45, 2.75) is 51.7 Å². The summed E-state index contributed by atoms with van der Waals surface area (Å²) < 4.78 is 5.35. The minimum Gasteiger partial charge on any atom is -0.380 e. The van der Waals surface area contributed by atoms with E-state index in [1.165, 1.54) is 19.3 Å². The molecule has 0 heterocycles. The van der Waals surface area contributed by atoms with Crippen LogP contribution in [0.4, 0.5) is 0 Å². The first-order chi connectivity index (χ1) is 6.76. The standard InChI is InChI=1S/C12H25NO/c1-5-7-8-9-12(11(3)14-4)13-10-6-2/h5,11-13H,1,6-10H2,2-4H3. The number of nitrogens with one attached hydrogen (secondary N) is 1. The zero-order chi connectivity index (χ0) is 10.8. The molecule has 2 atom stereocenters. The van der Waals surface area contributed by atoms with Crippen molar-refractivity contribution in [3.8, 4) is 0 Å². The van der Waals surface area contributed by atoms with Gasteiger partial charge in [0.2, 0.25) is 0 Å². The van der Waals surface area contributed by atoms with Crippen LogP contribution < -0.4 is 5.32 Å². The smallest absolute Gasteiger partial charge is 0.0696 e. The van der Waals surface area contributed by atoms with Crippen molar-refractivity contribution in [2.75, 3.05) is 13.7 Å². The van der Waals surface area contributed by atoms with Crippen LogP contribution in [0.5, 0.6) is 0 Å². The van der Waals surface area contributed by atoms with E-state index in [1.807, 2.05) is 6.08 Å². The molecular weight excluding hydrogens is 174 g/mol. The zero-order valence-electron chi connectivity index (χ0n) is 9.88. The number of hydrogen-bond acceptors (Lipinski definition) is 2. The van der Waals surface area contributed by atoms with Crippen molar-refractivity contribution in [2.24, 2.45) is 0 Å². The van der Waals surface area contributed by atoms with E-state index in [-0.39, 0.29) is 0 Å². The molecule has 1 N–H and O–H groups in total. The minimum atomic E-state index is 0.298. The Morgan fingerprint density at radius 3 is 2.71 bits per heavy atom. The summed E-state index contributed by atoms with van der Waals surface area (Å²) in [5, 5.41) is 3.52. The van der Waals surface area contributed by atoms with E-state index in [2.05, 4.69) is 25.7 Å². The molecule has 0 saturated heterocycles. The molecule has 0 aliphatic heterocycles. The summed E-state index contributed by atoms with van der Waals surface area (Å²) >= 11 is 0. The van der Waals surface area contributed by atoms with Gasteiger partial charge < -0.3 is 10.1 Å². The monoisotopic (exact) mass is 199 g/mol. The summed E-state index contributed by atoms with van der Waals surface area (Å²) in [6.45, 7) is 9.12. The van der Waals surface area contributed by atoms with Gasteiger partial charge in [-0.1, -0.05) is 13.0 Å². The van der Waals surface area contributed by atoms with Crippen LogP contribution in [-0.4, -0.2) is 25.8 Å². The molecule has 0 rings (SSSR count). The van der Waals surface area contributed by atoms with Crippen LogP contribution in [0.2, 0.25) is 0 Å². The maximum absolute atomic E-state index is 5.35. The lowest BCUT2D eigenvalue weighted by Crippen LogP contribution is -2.39. The minimum absolute atomic E-state index is 0.298. The van der Waals surface area contributed by atoms with Crippen LogP contribution in [0.1, 0.15) is 39.5 Å². The van der Waals surface area contributed by atoms with Crippen LogP contribution in [-0.2, 0) is 4.74 Å². The molecule has 0 radical (unpaired) electrons. The topological polar surface area (TPSA) is 21.3 Å². The highest BCUT2D eigenvalue weighted by atomic mass is 16.5. The average molecular weight is 199 g/mol. The van der Waals surface area contributed by atoms with E-state index in [1.54, 1.807) is 7.11 Å². The second-order valence-corrected chi connectivity index (χ2v) is 3.72. The number of unbranched alkanes of at least 4 members (excludes halogenated alkanes) is 1. The van der Waals surface area contributed by atoms with Crippen molar-refractivity contribution in [3.63, 3.8) is 0 Å². The summed E-state index contributed by atoms with van der Waals surface area (Å²) in [5.41, 5.74) is 0. The highest BCUT2D eigenvalue weighted by Crippen LogP contribution is 2.07. The normalized spacial score (nSPS) is 15.1. The molecule has 0 bridgehead atoms. The SMILES string of the molecule is C=CCCCC(NCCC)C(C)OC. The third kappa shape index (κ3) is 6.17. The quantitative estimate of drug-likeness (QED) is 0.455. The number of methoxy groups -OCH3 is 1. The van der Waals surface area contributed by atoms with E-state index in [0.717, 1.165) is 13.0 Å². The second-order valence-electron chi connectivity index (χ2n) is 3.72. The molecule has 0 aromatic carbocycles. The Balaban J connectivity index is 3.77. The van der Waals surface area contributed by atoms with Gasteiger partial charge >= 0.3 is 0 Å². The molecular formula is C12H25NO. The number of hydrogen-bond donors (Lipinski definition) is 1. The Morgan fingerprint density at radius 2 is 2.21 bits per heavy atom. The fraction of sp³-hybridized carbons (Fsp3) is 0.833. The summed E-state index contributed by atoms with van der Waals surface area (Å²) in [7, 11) is 1.78. The third-order valence-electron chi connectivity index (χ3n) is 2.52. The van der Waals surface area contributed by atoms with Gasteiger partial charge in [0.25, 0.3) is 0 Å². The Bertz CT molecular complexity index is 136. The van der Waals surface area contributed by atoms with E-state index in [0.29, 0.717) is 12.1 Å². The van der Waals surface area contributed by atoms with Gasteiger partial charge in [-0.25, -0.2) is 0 Å². The van der Waals surface area contributed by atoms with Crippen LogP contribution in [0.3, 0.4) is 0 Å². The highest BCUT2D eigenvalue weighted by molar-refractivity contribution is 4.75. The second kappa shape index (κ2) is 9.22. The first kappa shape index (κ1) is 13.7. The van der Waals surface area contributed by atoms with Crippen LogP contribution in [0.15, 0.2) is 12.7 Å². The predicted octanol–water partition coefficient (Wildman–Crippen LogP) is 2.75. The molecule has 0 aromatic heterocycles. The first-order valence-electron chi connectivity index (χ1n) is 5.63. The van der Waals surface area contributed by atoms with Crippen molar-refractivity contribution < 1.29 is 4.74 Å². The summed E-state index contributed by atoms with van der Waals surface area (Å²) in [4.78, 5) is 0. The largest absolute Gasteiger partial charge is 0.380 e. The Labute approximate surface area is 88.7 Å². The summed E-state index contributed by atoms with van der Waals surface area (Å²) in [5.74, 6) is 0. The first-order valence-corrected chi connectivity index (χ1v) is 5.63. The summed E-state index contributed by atoms with van der Waals surface area (Å²) in [6.07, 6.45) is 6.91. The molecule has 0 spiro atoms. The molecule has 84 valence electrons. The Kier molecular flexibility index (Phi) is 9.00. The maximum atomic E-state index is 5.35. The fourth-order valence-electron chi connectivity index (χ4n) is 1.48. The zero-order valence-corrected chi connectivity index (χ0v) is 9.88. The lowest BCUT2D eigenvalue weighted by atomic mass is 10.0. The molecule has 0 aliphatic carbocycles. The highest BCUT2D eigenvalue weighted by Gasteiger charge is 2.14. The molecule has 2 nitrogen and oxygen atoms in total. The molecule has 2 unspecified atom stereocenters. The van der Waals surface area contributed by atoms with Gasteiger partial charge in [-0.15, -0.1) is 6.58 Å². The molecule has 14 heavy (non-hydrogen) atoms. The van der Waals surface area contributed by atoms with Gasteiger partial charge in [0, 0.05) is 13.2 Å². The van der Waals surface area contributed by atoms with Crippen LogP contribution in [0.25, 0.3) is 0 Å². The van der Waals surface area contributed by atoms with E-state index in [9.17, 15) is 0 Å². The van der Waals surface area contributed by atoms with Gasteiger partial charge in [0.15, 0.2) is 0 Å². The molecule has 0 saturated carbocycles. The van der Waals surface area contributed by atoms with Crippen LogP contribution >= 0.6 is 0 Å². The third-order valence-corrected chi connectivity index (χ3v) is 2.52. The Morgan fingerprint density at radius 1 is 1.50 bits per heavy atom. The van der Waals surface area contributed by atoms with Gasteiger partial charge in [0.1, 0.15) is 0 Å². The van der Waals surface area contributed by atoms with Crippen molar-refractivity contribution in [1.29, 1.82) is 0 Å². The van der Waals surface area contributed by atoms with Gasteiger partial charge in [0.05, 0.1) is 6.10 Å². The molecule has 0 fully saturated rings. The van der Waals surface area contributed by atoms with Gasteiger partial charge in [-0.3, -0.25) is 0 Å². The number of ether oxygens (including phenoxy) is 1. The predicted molar refractivity (Wildman–Crippen MR) is 62.6 cm³/mol. The lowest BCUT2D eigenvalue weighted by Gasteiger charge is -2.23. The van der Waals surface area contributed by atoms with E-state index < -0.39 is 0 Å². The van der Waals surface area contributed by atoms with Crippen molar-refractivity contribution in [3.05, 3.63) is 12.7 Å². The maximum Gasteiger partial charge on any atom is 0.0696 e. The van der Waals surface area contributed by atoms with Crippen molar-refractivity contribution in [1.82, 2.24) is 5.32 Å².